The van der Waals surface area contributed by atoms with Crippen LogP contribution in [0.5, 0.6) is 0 Å². The fourth-order valence-electron chi connectivity index (χ4n) is 3.91. The molecule has 0 spiro atoms. The molecule has 2 fully saturated rings. The van der Waals surface area contributed by atoms with E-state index in [0.29, 0.717) is 23.7 Å². The molecule has 0 aliphatic heterocycles. The van der Waals surface area contributed by atoms with E-state index in [1.54, 1.807) is 10.7 Å². The Morgan fingerprint density at radius 2 is 1.77 bits per heavy atom. The lowest BCUT2D eigenvalue weighted by molar-refractivity contribution is 0.0951. The molecule has 2 aliphatic rings. The van der Waals surface area contributed by atoms with Gasteiger partial charge >= 0.3 is 0 Å². The Morgan fingerprint density at radius 1 is 1.03 bits per heavy atom. The minimum Gasteiger partial charge on any atom is -0.366 e. The summed E-state index contributed by atoms with van der Waals surface area (Å²) < 4.78 is 1.77. The van der Waals surface area contributed by atoms with Gasteiger partial charge in [0, 0.05) is 47.8 Å². The van der Waals surface area contributed by atoms with Gasteiger partial charge in [-0.25, -0.2) is 9.50 Å². The summed E-state index contributed by atoms with van der Waals surface area (Å²) in [5.74, 6) is 0.797. The first-order chi connectivity index (χ1) is 14.6. The highest BCUT2D eigenvalue weighted by atomic mass is 16.1. The zero-order valence-electron chi connectivity index (χ0n) is 16.8. The Labute approximate surface area is 175 Å². The van der Waals surface area contributed by atoms with Gasteiger partial charge in [-0.15, -0.1) is 5.10 Å². The summed E-state index contributed by atoms with van der Waals surface area (Å²) in [7, 11) is 0. The lowest BCUT2D eigenvalue weighted by Crippen LogP contribution is -2.33. The number of fused-ring (bicyclic) bond motifs is 1. The molecule has 8 heteroatoms. The van der Waals surface area contributed by atoms with Gasteiger partial charge in [-0.3, -0.25) is 4.79 Å². The Morgan fingerprint density at radius 3 is 2.50 bits per heavy atom. The SMILES string of the molecule is N[C@H]1CC[C@H](Nc2cc(Nc3ccc(C(=O)NC4CC4)cc3)c3nccn3n2)CC1. The van der Waals surface area contributed by atoms with Crippen molar-refractivity contribution in [2.24, 2.45) is 5.73 Å². The lowest BCUT2D eigenvalue weighted by Gasteiger charge is -2.27. The van der Waals surface area contributed by atoms with Crippen LogP contribution in [0.25, 0.3) is 5.65 Å². The van der Waals surface area contributed by atoms with Crippen LogP contribution < -0.4 is 21.7 Å². The number of rotatable bonds is 6. The second-order valence-electron chi connectivity index (χ2n) is 8.34. The molecule has 156 valence electrons. The van der Waals surface area contributed by atoms with E-state index < -0.39 is 0 Å². The number of nitrogens with two attached hydrogens (primary N) is 1. The molecule has 8 nitrogen and oxygen atoms in total. The van der Waals surface area contributed by atoms with E-state index >= 15 is 0 Å². The number of amides is 1. The van der Waals surface area contributed by atoms with E-state index in [0.717, 1.165) is 61.4 Å². The summed E-state index contributed by atoms with van der Waals surface area (Å²) in [6, 6.07) is 10.6. The normalized spacial score (nSPS) is 21.4. The van der Waals surface area contributed by atoms with Crippen LogP contribution in [0.2, 0.25) is 0 Å². The maximum Gasteiger partial charge on any atom is 0.251 e. The molecule has 5 rings (SSSR count). The standard InChI is InChI=1S/C22H27N7O/c23-15-3-7-17(8-4-15)26-20-13-19(21-24-11-12-29(21)28-20)25-16-5-1-14(2-6-16)22(30)27-18-9-10-18/h1-2,5-6,11-13,15,17-18,25H,3-4,7-10,23H2,(H,26,28)(H,27,30)/t15-,17-. The third-order valence-corrected chi connectivity index (χ3v) is 5.82. The van der Waals surface area contributed by atoms with Gasteiger partial charge in [0.15, 0.2) is 5.65 Å². The molecule has 0 bridgehead atoms. The molecule has 2 heterocycles. The quantitative estimate of drug-likeness (QED) is 0.502. The summed E-state index contributed by atoms with van der Waals surface area (Å²) in [4.78, 5) is 16.6. The van der Waals surface area contributed by atoms with Crippen LogP contribution in [0.1, 0.15) is 48.9 Å². The molecular weight excluding hydrogens is 378 g/mol. The summed E-state index contributed by atoms with van der Waals surface area (Å²) in [5, 5.41) is 14.6. The van der Waals surface area contributed by atoms with Gasteiger partial charge in [-0.05, 0) is 62.8 Å². The molecule has 0 radical (unpaired) electrons. The van der Waals surface area contributed by atoms with Crippen LogP contribution >= 0.6 is 0 Å². The minimum atomic E-state index is -0.0118. The molecule has 0 atom stereocenters. The van der Waals surface area contributed by atoms with Crippen LogP contribution in [0.15, 0.2) is 42.7 Å². The molecule has 5 N–H and O–H groups in total. The third-order valence-electron chi connectivity index (χ3n) is 5.82. The van der Waals surface area contributed by atoms with Gasteiger partial charge in [-0.2, -0.15) is 0 Å². The topological polar surface area (TPSA) is 109 Å². The number of nitrogens with one attached hydrogen (secondary N) is 3. The highest BCUT2D eigenvalue weighted by Gasteiger charge is 2.23. The largest absolute Gasteiger partial charge is 0.366 e. The van der Waals surface area contributed by atoms with E-state index in [-0.39, 0.29) is 5.91 Å². The van der Waals surface area contributed by atoms with Crippen LogP contribution in [0.4, 0.5) is 17.2 Å². The number of carbonyl (C=O) groups is 1. The van der Waals surface area contributed by atoms with Crippen molar-refractivity contribution in [3.05, 3.63) is 48.3 Å². The highest BCUT2D eigenvalue weighted by molar-refractivity contribution is 5.95. The van der Waals surface area contributed by atoms with Crippen molar-refractivity contribution < 1.29 is 4.79 Å². The molecule has 3 aromatic rings. The molecule has 1 aromatic carbocycles. The van der Waals surface area contributed by atoms with Gasteiger partial charge in [0.25, 0.3) is 5.91 Å². The van der Waals surface area contributed by atoms with E-state index in [4.69, 9.17) is 5.73 Å². The second kappa shape index (κ2) is 7.95. The van der Waals surface area contributed by atoms with Gasteiger partial charge < -0.3 is 21.7 Å². The number of imidazole rings is 1. The van der Waals surface area contributed by atoms with Crippen LogP contribution in [0, 0.1) is 0 Å². The number of anilines is 3. The van der Waals surface area contributed by atoms with E-state index in [2.05, 4.69) is 26.0 Å². The lowest BCUT2D eigenvalue weighted by atomic mass is 9.92. The van der Waals surface area contributed by atoms with E-state index in [9.17, 15) is 4.79 Å². The van der Waals surface area contributed by atoms with E-state index in [1.807, 2.05) is 36.5 Å². The predicted octanol–water partition coefficient (Wildman–Crippen LogP) is 3.05. The molecule has 0 unspecified atom stereocenters. The number of carbonyl (C=O) groups excluding carboxylic acids is 1. The molecular formula is C22H27N7O. The van der Waals surface area contributed by atoms with Crippen molar-refractivity contribution in [1.82, 2.24) is 19.9 Å². The van der Waals surface area contributed by atoms with Gasteiger partial charge in [0.05, 0.1) is 5.69 Å². The third kappa shape index (κ3) is 4.23. The molecule has 2 aliphatic carbocycles. The maximum atomic E-state index is 12.2. The predicted molar refractivity (Wildman–Crippen MR) is 117 cm³/mol. The number of benzene rings is 1. The van der Waals surface area contributed by atoms with Crippen LogP contribution in [-0.4, -0.2) is 38.6 Å². The number of hydrogen-bond donors (Lipinski definition) is 4. The summed E-state index contributed by atoms with van der Waals surface area (Å²) in [6.45, 7) is 0. The molecule has 2 aromatic heterocycles. The van der Waals surface area contributed by atoms with E-state index in [1.165, 1.54) is 0 Å². The van der Waals surface area contributed by atoms with Crippen molar-refractivity contribution in [3.8, 4) is 0 Å². The van der Waals surface area contributed by atoms with Crippen molar-refractivity contribution in [1.29, 1.82) is 0 Å². The van der Waals surface area contributed by atoms with Crippen LogP contribution in [0.3, 0.4) is 0 Å². The van der Waals surface area contributed by atoms with Crippen LogP contribution in [-0.2, 0) is 0 Å². The van der Waals surface area contributed by atoms with Crippen molar-refractivity contribution in [3.63, 3.8) is 0 Å². The first-order valence-electron chi connectivity index (χ1n) is 10.7. The highest BCUT2D eigenvalue weighted by Crippen LogP contribution is 2.26. The molecule has 2 saturated carbocycles. The minimum absolute atomic E-state index is 0.0118. The first-order valence-corrected chi connectivity index (χ1v) is 10.7. The van der Waals surface area contributed by atoms with Gasteiger partial charge in [-0.1, -0.05) is 0 Å². The monoisotopic (exact) mass is 405 g/mol. The van der Waals surface area contributed by atoms with Crippen molar-refractivity contribution in [2.45, 2.75) is 56.7 Å². The second-order valence-corrected chi connectivity index (χ2v) is 8.34. The molecule has 0 saturated heterocycles. The number of nitrogens with zero attached hydrogens (tertiary/aromatic N) is 3. The van der Waals surface area contributed by atoms with Gasteiger partial charge in [0.1, 0.15) is 5.82 Å². The summed E-state index contributed by atoms with van der Waals surface area (Å²) in [6.07, 6.45) is 9.93. The van der Waals surface area contributed by atoms with Gasteiger partial charge in [0.2, 0.25) is 0 Å². The average molecular weight is 406 g/mol. The Hall–Kier alpha value is -3.13. The smallest absolute Gasteiger partial charge is 0.251 e. The fourth-order valence-corrected chi connectivity index (χ4v) is 3.91. The van der Waals surface area contributed by atoms with Crippen molar-refractivity contribution in [2.75, 3.05) is 10.6 Å². The first kappa shape index (κ1) is 18.9. The Kier molecular flexibility index (Phi) is 5.00. The average Bonchev–Trinajstić information content (AvgIpc) is 3.43. The zero-order chi connectivity index (χ0) is 20.5. The maximum absolute atomic E-state index is 12.2. The Balaban J connectivity index is 1.33. The van der Waals surface area contributed by atoms with Crippen molar-refractivity contribution >= 4 is 28.7 Å². The number of hydrogen-bond acceptors (Lipinski definition) is 6. The summed E-state index contributed by atoms with van der Waals surface area (Å²) >= 11 is 0. The summed E-state index contributed by atoms with van der Waals surface area (Å²) in [5.41, 5.74) is 9.20. The fraction of sp³-hybridized carbons (Fsp3) is 0.409. The molecule has 30 heavy (non-hydrogen) atoms. The molecule has 1 amide bonds. The Bertz CT molecular complexity index is 1030. The number of aromatic nitrogens is 3. The zero-order valence-corrected chi connectivity index (χ0v) is 16.8.